The van der Waals surface area contributed by atoms with Crippen molar-refractivity contribution in [2.24, 2.45) is 0 Å². The van der Waals surface area contributed by atoms with Gasteiger partial charge in [0, 0.05) is 28.9 Å². The van der Waals surface area contributed by atoms with Crippen molar-refractivity contribution in [2.75, 3.05) is 6.61 Å². The van der Waals surface area contributed by atoms with Crippen LogP contribution in [0.15, 0.2) is 29.2 Å². The Morgan fingerprint density at radius 1 is 1.35 bits per heavy atom. The second kappa shape index (κ2) is 6.95. The van der Waals surface area contributed by atoms with Gasteiger partial charge in [-0.2, -0.15) is 0 Å². The van der Waals surface area contributed by atoms with E-state index in [-0.39, 0.29) is 6.61 Å². The molecule has 0 aromatic heterocycles. The molecule has 1 rings (SSSR count). The van der Waals surface area contributed by atoms with Gasteiger partial charge in [-0.15, -0.1) is 11.8 Å². The lowest BCUT2D eigenvalue weighted by Crippen LogP contribution is -2.46. The van der Waals surface area contributed by atoms with E-state index in [9.17, 15) is 15.2 Å². The van der Waals surface area contributed by atoms with E-state index in [1.54, 1.807) is 23.9 Å². The highest BCUT2D eigenvalue weighted by Crippen LogP contribution is 2.25. The number of thioether (sulfide) groups is 1. The van der Waals surface area contributed by atoms with E-state index in [4.69, 9.17) is 4.74 Å². The molecule has 6 heteroatoms. The van der Waals surface area contributed by atoms with E-state index in [0.717, 1.165) is 4.90 Å². The first kappa shape index (κ1) is 16.8. The van der Waals surface area contributed by atoms with Gasteiger partial charge in [0.1, 0.15) is 12.4 Å². The zero-order chi connectivity index (χ0) is 15.3. The van der Waals surface area contributed by atoms with Crippen molar-refractivity contribution in [3.63, 3.8) is 0 Å². The number of benzene rings is 1. The standard InChI is InChI=1S/C14H21NO4S/c1-10(2)20-12-7-5-11(6-8-12)19-9-13(16)14(3,4)15(17)18/h5-8,10,13,16H,9H2,1-4H3. The van der Waals surface area contributed by atoms with Crippen molar-refractivity contribution in [3.05, 3.63) is 34.4 Å². The average molecular weight is 299 g/mol. The van der Waals surface area contributed by atoms with E-state index in [1.165, 1.54) is 13.8 Å². The van der Waals surface area contributed by atoms with Gasteiger partial charge < -0.3 is 9.84 Å². The van der Waals surface area contributed by atoms with Crippen LogP contribution in [0.5, 0.6) is 5.75 Å². The summed E-state index contributed by atoms with van der Waals surface area (Å²) in [6.07, 6.45) is -1.16. The number of nitro groups is 1. The molecular formula is C14H21NO4S. The van der Waals surface area contributed by atoms with Crippen LogP contribution in [0.2, 0.25) is 0 Å². The van der Waals surface area contributed by atoms with Crippen LogP contribution in [0.3, 0.4) is 0 Å². The summed E-state index contributed by atoms with van der Waals surface area (Å²) in [7, 11) is 0. The Balaban J connectivity index is 2.56. The topological polar surface area (TPSA) is 72.6 Å². The first-order valence-electron chi connectivity index (χ1n) is 6.45. The third-order valence-corrected chi connectivity index (χ3v) is 3.91. The Hall–Kier alpha value is -1.27. The molecule has 0 aliphatic rings. The van der Waals surface area contributed by atoms with Crippen LogP contribution < -0.4 is 4.74 Å². The molecule has 0 heterocycles. The SMILES string of the molecule is CC(C)Sc1ccc(OCC(O)C(C)(C)[N+](=O)[O-])cc1. The number of rotatable bonds is 7. The molecule has 0 bridgehead atoms. The van der Waals surface area contributed by atoms with Crippen LogP contribution in [-0.4, -0.2) is 33.5 Å². The van der Waals surface area contributed by atoms with Gasteiger partial charge in [0.15, 0.2) is 6.10 Å². The van der Waals surface area contributed by atoms with Crippen molar-refractivity contribution < 1.29 is 14.8 Å². The number of nitrogens with zero attached hydrogens (tertiary/aromatic N) is 1. The van der Waals surface area contributed by atoms with Gasteiger partial charge in [-0.3, -0.25) is 10.1 Å². The fourth-order valence-corrected chi connectivity index (χ4v) is 2.22. The molecule has 0 saturated heterocycles. The molecule has 0 fully saturated rings. The summed E-state index contributed by atoms with van der Waals surface area (Å²) in [4.78, 5) is 11.4. The maximum absolute atomic E-state index is 10.8. The fraction of sp³-hybridized carbons (Fsp3) is 0.571. The van der Waals surface area contributed by atoms with Gasteiger partial charge in [0.2, 0.25) is 5.54 Å². The molecule has 0 radical (unpaired) electrons. The minimum Gasteiger partial charge on any atom is -0.491 e. The minimum atomic E-state index is -1.42. The predicted molar refractivity (Wildman–Crippen MR) is 80.0 cm³/mol. The van der Waals surface area contributed by atoms with E-state index in [0.29, 0.717) is 11.0 Å². The molecule has 0 aliphatic carbocycles. The second-order valence-electron chi connectivity index (χ2n) is 5.38. The molecule has 1 N–H and O–H groups in total. The second-order valence-corrected chi connectivity index (χ2v) is 7.03. The van der Waals surface area contributed by atoms with Gasteiger partial charge in [-0.1, -0.05) is 13.8 Å². The molecule has 0 spiro atoms. The third-order valence-electron chi connectivity index (χ3n) is 2.89. The summed E-state index contributed by atoms with van der Waals surface area (Å²) in [5.74, 6) is 0.594. The Morgan fingerprint density at radius 2 is 1.90 bits per heavy atom. The molecule has 1 aromatic rings. The lowest BCUT2D eigenvalue weighted by molar-refractivity contribution is -0.573. The first-order valence-corrected chi connectivity index (χ1v) is 7.33. The lowest BCUT2D eigenvalue weighted by atomic mass is 9.99. The van der Waals surface area contributed by atoms with Gasteiger partial charge in [-0.25, -0.2) is 0 Å². The van der Waals surface area contributed by atoms with E-state index in [1.807, 2.05) is 12.1 Å². The molecule has 5 nitrogen and oxygen atoms in total. The summed E-state index contributed by atoms with van der Waals surface area (Å²) in [5, 5.41) is 21.1. The summed E-state index contributed by atoms with van der Waals surface area (Å²) >= 11 is 1.75. The highest BCUT2D eigenvalue weighted by molar-refractivity contribution is 7.99. The summed E-state index contributed by atoms with van der Waals surface area (Å²) in [5.41, 5.74) is -1.42. The smallest absolute Gasteiger partial charge is 0.245 e. The lowest BCUT2D eigenvalue weighted by Gasteiger charge is -2.22. The number of aliphatic hydroxyl groups is 1. The summed E-state index contributed by atoms with van der Waals surface area (Å²) in [6, 6.07) is 7.48. The molecule has 0 saturated carbocycles. The van der Waals surface area contributed by atoms with Crippen LogP contribution in [0.1, 0.15) is 27.7 Å². The van der Waals surface area contributed by atoms with Crippen LogP contribution >= 0.6 is 11.8 Å². The van der Waals surface area contributed by atoms with Gasteiger partial charge in [0.05, 0.1) is 0 Å². The Bertz CT molecular complexity index is 445. The minimum absolute atomic E-state index is 0.106. The Kier molecular flexibility index (Phi) is 5.83. The maximum atomic E-state index is 10.8. The normalized spacial score (nSPS) is 13.3. The number of hydrogen-bond donors (Lipinski definition) is 1. The fourth-order valence-electron chi connectivity index (χ4n) is 1.39. The van der Waals surface area contributed by atoms with Crippen LogP contribution in [0.4, 0.5) is 0 Å². The highest BCUT2D eigenvalue weighted by Gasteiger charge is 2.40. The van der Waals surface area contributed by atoms with Crippen LogP contribution in [-0.2, 0) is 0 Å². The van der Waals surface area contributed by atoms with Gasteiger partial charge in [0.25, 0.3) is 0 Å². The van der Waals surface area contributed by atoms with E-state index < -0.39 is 16.6 Å². The molecule has 112 valence electrons. The van der Waals surface area contributed by atoms with Crippen LogP contribution in [0.25, 0.3) is 0 Å². The molecule has 0 amide bonds. The Morgan fingerprint density at radius 3 is 2.35 bits per heavy atom. The number of aliphatic hydroxyl groups excluding tert-OH is 1. The maximum Gasteiger partial charge on any atom is 0.245 e. The molecule has 1 aromatic carbocycles. The predicted octanol–water partition coefficient (Wildman–Crippen LogP) is 2.98. The van der Waals surface area contributed by atoms with Crippen molar-refractivity contribution in [2.45, 2.75) is 49.5 Å². The Labute approximate surface area is 123 Å². The molecule has 1 atom stereocenters. The van der Waals surface area contributed by atoms with Crippen molar-refractivity contribution in [3.8, 4) is 5.75 Å². The molecule has 20 heavy (non-hydrogen) atoms. The quantitative estimate of drug-likeness (QED) is 0.476. The van der Waals surface area contributed by atoms with E-state index >= 15 is 0 Å². The average Bonchev–Trinajstić information content (AvgIpc) is 2.36. The van der Waals surface area contributed by atoms with Gasteiger partial charge in [-0.05, 0) is 24.3 Å². The monoisotopic (exact) mass is 299 g/mol. The number of ether oxygens (including phenoxy) is 1. The van der Waals surface area contributed by atoms with Crippen molar-refractivity contribution >= 4 is 11.8 Å². The molecular weight excluding hydrogens is 278 g/mol. The first-order chi connectivity index (χ1) is 9.23. The number of hydrogen-bond acceptors (Lipinski definition) is 5. The largest absolute Gasteiger partial charge is 0.491 e. The van der Waals surface area contributed by atoms with E-state index in [2.05, 4.69) is 13.8 Å². The zero-order valence-electron chi connectivity index (χ0n) is 12.2. The highest BCUT2D eigenvalue weighted by atomic mass is 32.2. The van der Waals surface area contributed by atoms with Gasteiger partial charge >= 0.3 is 0 Å². The third kappa shape index (κ3) is 4.68. The summed E-state index contributed by atoms with van der Waals surface area (Å²) < 4.78 is 5.40. The zero-order valence-corrected chi connectivity index (χ0v) is 13.0. The molecule has 1 unspecified atom stereocenters. The van der Waals surface area contributed by atoms with Crippen molar-refractivity contribution in [1.82, 2.24) is 0 Å². The van der Waals surface area contributed by atoms with Crippen molar-refractivity contribution in [1.29, 1.82) is 0 Å². The molecule has 0 aliphatic heterocycles. The van der Waals surface area contributed by atoms with Crippen LogP contribution in [0, 0.1) is 10.1 Å². The summed E-state index contributed by atoms with van der Waals surface area (Å²) in [6.45, 7) is 6.88.